The minimum absolute atomic E-state index is 0.474. The van der Waals surface area contributed by atoms with Gasteiger partial charge in [-0.15, -0.1) is 0 Å². The number of nitro groups is 1. The Morgan fingerprint density at radius 3 is 3.06 bits per heavy atom. The molecule has 0 spiro atoms. The van der Waals surface area contributed by atoms with Gasteiger partial charge >= 0.3 is 0 Å². The molecule has 7 nitrogen and oxygen atoms in total. The third kappa shape index (κ3) is 2.44. The number of aromatic nitrogens is 1. The van der Waals surface area contributed by atoms with Gasteiger partial charge in [-0.1, -0.05) is 0 Å². The molecule has 0 atom stereocenters. The normalized spacial score (nSPS) is 17.0. The topological polar surface area (TPSA) is 80.5 Å². The highest BCUT2D eigenvalue weighted by atomic mass is 16.6. The summed E-state index contributed by atoms with van der Waals surface area (Å²) in [4.78, 5) is 15.9. The molecule has 90 valence electrons. The van der Waals surface area contributed by atoms with E-state index in [4.69, 9.17) is 4.74 Å². The number of hydrogen-bond acceptors (Lipinski definition) is 6. The summed E-state index contributed by atoms with van der Waals surface area (Å²) < 4.78 is 4.96. The van der Waals surface area contributed by atoms with Crippen LogP contribution in [0.15, 0.2) is 30.4 Å². The fraction of sp³-hybridized carbons (Fsp3) is 0.300. The van der Waals surface area contributed by atoms with Crippen molar-refractivity contribution in [2.45, 2.75) is 0 Å². The Hall–Kier alpha value is -2.31. The van der Waals surface area contributed by atoms with E-state index in [1.54, 1.807) is 17.2 Å². The summed E-state index contributed by atoms with van der Waals surface area (Å²) in [5.41, 5.74) is 0.795. The molecule has 0 unspecified atom stereocenters. The van der Waals surface area contributed by atoms with E-state index >= 15 is 0 Å². The second kappa shape index (κ2) is 4.69. The zero-order valence-corrected chi connectivity index (χ0v) is 9.29. The number of anilines is 1. The first kappa shape index (κ1) is 11.2. The first-order valence-corrected chi connectivity index (χ1v) is 5.07. The summed E-state index contributed by atoms with van der Waals surface area (Å²) in [5.74, 6) is 0.989. The summed E-state index contributed by atoms with van der Waals surface area (Å²) >= 11 is 0. The highest BCUT2D eigenvalue weighted by molar-refractivity contribution is 5.52. The molecule has 0 aliphatic carbocycles. The summed E-state index contributed by atoms with van der Waals surface area (Å²) in [6, 6.07) is 3.53. The van der Waals surface area contributed by atoms with Crippen LogP contribution >= 0.6 is 0 Å². The standard InChI is InChI=1S/C10H12N4O3/c1-17-10-3-2-8(6-12-10)13-5-4-11-9(13)7-14(15)16/h2-3,6-7,11H,4-5H2,1H3. The van der Waals surface area contributed by atoms with Gasteiger partial charge in [0.25, 0.3) is 6.20 Å². The van der Waals surface area contributed by atoms with Gasteiger partial charge in [0.2, 0.25) is 5.88 Å². The van der Waals surface area contributed by atoms with Crippen LogP contribution in [0.4, 0.5) is 5.69 Å². The van der Waals surface area contributed by atoms with Gasteiger partial charge in [-0.25, -0.2) is 4.98 Å². The van der Waals surface area contributed by atoms with Gasteiger partial charge < -0.3 is 15.0 Å². The molecule has 2 rings (SSSR count). The quantitative estimate of drug-likeness (QED) is 0.610. The Bertz CT molecular complexity index is 443. The number of methoxy groups -OCH3 is 1. The molecule has 1 aromatic rings. The lowest BCUT2D eigenvalue weighted by atomic mass is 10.3. The largest absolute Gasteiger partial charge is 0.481 e. The second-order valence-electron chi connectivity index (χ2n) is 3.44. The number of nitrogens with zero attached hydrogens (tertiary/aromatic N) is 3. The summed E-state index contributed by atoms with van der Waals surface area (Å²) in [7, 11) is 1.54. The molecule has 1 fully saturated rings. The molecule has 0 radical (unpaired) electrons. The predicted octanol–water partition coefficient (Wildman–Crippen LogP) is 0.575. The minimum atomic E-state index is -0.475. The monoisotopic (exact) mass is 236 g/mol. The van der Waals surface area contributed by atoms with Gasteiger partial charge in [-0.2, -0.15) is 0 Å². The van der Waals surface area contributed by atoms with Crippen LogP contribution in [-0.2, 0) is 0 Å². The Labute approximate surface area is 97.9 Å². The maximum absolute atomic E-state index is 10.5. The smallest absolute Gasteiger partial charge is 0.274 e. The van der Waals surface area contributed by atoms with E-state index in [1.165, 1.54) is 7.11 Å². The summed E-state index contributed by atoms with van der Waals surface area (Å²) in [5, 5.41) is 13.4. The summed E-state index contributed by atoms with van der Waals surface area (Å²) in [6.07, 6.45) is 2.58. The van der Waals surface area contributed by atoms with Crippen molar-refractivity contribution >= 4 is 5.69 Å². The molecule has 1 saturated heterocycles. The lowest BCUT2D eigenvalue weighted by Gasteiger charge is -2.16. The van der Waals surface area contributed by atoms with Crippen LogP contribution in [0.5, 0.6) is 5.88 Å². The average Bonchev–Trinajstić information content (AvgIpc) is 2.76. The van der Waals surface area contributed by atoms with Crippen LogP contribution in [0.1, 0.15) is 0 Å². The van der Waals surface area contributed by atoms with Crippen molar-refractivity contribution < 1.29 is 9.66 Å². The Balaban J connectivity index is 2.23. The lowest BCUT2D eigenvalue weighted by molar-refractivity contribution is -0.403. The third-order valence-electron chi connectivity index (χ3n) is 2.40. The first-order valence-electron chi connectivity index (χ1n) is 5.07. The van der Waals surface area contributed by atoms with Crippen molar-refractivity contribution in [2.75, 3.05) is 25.1 Å². The van der Waals surface area contributed by atoms with Crippen LogP contribution in [0, 0.1) is 10.1 Å². The van der Waals surface area contributed by atoms with Gasteiger partial charge in [0.05, 0.1) is 23.9 Å². The number of hydrogen-bond donors (Lipinski definition) is 1. The average molecular weight is 236 g/mol. The molecule has 0 aromatic carbocycles. The van der Waals surface area contributed by atoms with Gasteiger partial charge in [0, 0.05) is 19.2 Å². The molecule has 2 heterocycles. The van der Waals surface area contributed by atoms with Crippen LogP contribution in [0.3, 0.4) is 0 Å². The van der Waals surface area contributed by atoms with Crippen molar-refractivity contribution in [3.05, 3.63) is 40.5 Å². The molecule has 1 aromatic heterocycles. The van der Waals surface area contributed by atoms with Gasteiger partial charge in [0.15, 0.2) is 5.82 Å². The minimum Gasteiger partial charge on any atom is -0.481 e. The second-order valence-corrected chi connectivity index (χ2v) is 3.44. The van der Waals surface area contributed by atoms with E-state index in [-0.39, 0.29) is 0 Å². The molecule has 0 bridgehead atoms. The van der Waals surface area contributed by atoms with E-state index < -0.39 is 4.92 Å². The lowest BCUT2D eigenvalue weighted by Crippen LogP contribution is -2.20. The molecule has 7 heteroatoms. The fourth-order valence-electron chi connectivity index (χ4n) is 1.65. The van der Waals surface area contributed by atoms with E-state index in [9.17, 15) is 10.1 Å². The van der Waals surface area contributed by atoms with Crippen molar-refractivity contribution in [1.29, 1.82) is 0 Å². The van der Waals surface area contributed by atoms with Gasteiger partial charge in [0.1, 0.15) is 0 Å². The first-order chi connectivity index (χ1) is 8.20. The molecular formula is C10H12N4O3. The molecule has 1 aliphatic rings. The maximum atomic E-state index is 10.5. The molecule has 0 saturated carbocycles. The predicted molar refractivity (Wildman–Crippen MR) is 61.2 cm³/mol. The zero-order chi connectivity index (χ0) is 12.3. The van der Waals surface area contributed by atoms with Crippen molar-refractivity contribution in [3.63, 3.8) is 0 Å². The Kier molecular flexibility index (Phi) is 3.08. The van der Waals surface area contributed by atoms with Crippen LogP contribution in [-0.4, -0.2) is 30.1 Å². The molecule has 17 heavy (non-hydrogen) atoms. The third-order valence-corrected chi connectivity index (χ3v) is 2.40. The number of ether oxygens (including phenoxy) is 1. The SMILES string of the molecule is COc1ccc(N2CCNC2=C[N+](=O)[O-])cn1. The van der Waals surface area contributed by atoms with Crippen molar-refractivity contribution in [1.82, 2.24) is 10.3 Å². The number of nitrogens with one attached hydrogen (secondary N) is 1. The van der Waals surface area contributed by atoms with E-state index in [1.807, 2.05) is 6.07 Å². The van der Waals surface area contributed by atoms with E-state index in [2.05, 4.69) is 10.3 Å². The van der Waals surface area contributed by atoms with E-state index in [0.717, 1.165) is 11.9 Å². The van der Waals surface area contributed by atoms with E-state index in [0.29, 0.717) is 24.8 Å². The van der Waals surface area contributed by atoms with Gasteiger partial charge in [-0.05, 0) is 6.07 Å². The molecule has 1 aliphatic heterocycles. The van der Waals surface area contributed by atoms with Gasteiger partial charge in [-0.3, -0.25) is 10.1 Å². The number of pyridine rings is 1. The maximum Gasteiger partial charge on any atom is 0.274 e. The van der Waals surface area contributed by atoms with Crippen molar-refractivity contribution in [2.24, 2.45) is 0 Å². The highest BCUT2D eigenvalue weighted by Crippen LogP contribution is 2.21. The van der Waals surface area contributed by atoms with Crippen LogP contribution < -0.4 is 15.0 Å². The highest BCUT2D eigenvalue weighted by Gasteiger charge is 2.21. The molecule has 1 N–H and O–H groups in total. The zero-order valence-electron chi connectivity index (χ0n) is 9.29. The van der Waals surface area contributed by atoms with Crippen molar-refractivity contribution in [3.8, 4) is 5.88 Å². The fourth-order valence-corrected chi connectivity index (χ4v) is 1.65. The molecule has 0 amide bonds. The Morgan fingerprint density at radius 1 is 1.65 bits per heavy atom. The molecular weight excluding hydrogens is 224 g/mol. The summed E-state index contributed by atoms with van der Waals surface area (Å²) in [6.45, 7) is 1.35. The van der Waals surface area contributed by atoms with Crippen LogP contribution in [0.2, 0.25) is 0 Å². The Morgan fingerprint density at radius 2 is 2.47 bits per heavy atom. The number of rotatable bonds is 3. The van der Waals surface area contributed by atoms with Crippen LogP contribution in [0.25, 0.3) is 0 Å².